The van der Waals surface area contributed by atoms with Crippen LogP contribution in [-0.4, -0.2) is 36.8 Å². The fraction of sp³-hybridized carbons (Fsp3) is 0.182. The molecule has 0 bridgehead atoms. The standard InChI is InChI=1S/C22H22BrN3O3S/c1-14(2)11-24-22-26(25-12-15-9-16(23)5-8-20(15)27)19(13-30-22)18-7-6-17(28-3)10-21(18)29-4/h5-10,12-13,27H,1,11H2,2-4H3. The van der Waals surface area contributed by atoms with Crippen molar-refractivity contribution in [1.29, 1.82) is 0 Å². The zero-order valence-corrected chi connectivity index (χ0v) is 19.3. The molecule has 0 atom stereocenters. The van der Waals surface area contributed by atoms with Gasteiger partial charge in [0.2, 0.25) is 4.80 Å². The van der Waals surface area contributed by atoms with Crippen molar-refractivity contribution in [3.63, 3.8) is 0 Å². The van der Waals surface area contributed by atoms with Crippen LogP contribution in [0.15, 0.2) is 68.5 Å². The fourth-order valence-electron chi connectivity index (χ4n) is 2.67. The molecule has 0 fully saturated rings. The molecule has 0 amide bonds. The zero-order chi connectivity index (χ0) is 21.7. The van der Waals surface area contributed by atoms with Crippen LogP contribution in [0.3, 0.4) is 0 Å². The third-order valence-corrected chi connectivity index (χ3v) is 5.50. The summed E-state index contributed by atoms with van der Waals surface area (Å²) < 4.78 is 13.5. The Morgan fingerprint density at radius 3 is 2.73 bits per heavy atom. The predicted octanol–water partition coefficient (Wildman–Crippen LogP) is 5.06. The van der Waals surface area contributed by atoms with Gasteiger partial charge in [-0.25, -0.2) is 4.68 Å². The first-order valence-electron chi connectivity index (χ1n) is 9.03. The van der Waals surface area contributed by atoms with Crippen molar-refractivity contribution in [2.75, 3.05) is 20.8 Å². The van der Waals surface area contributed by atoms with E-state index in [1.54, 1.807) is 43.3 Å². The van der Waals surface area contributed by atoms with Crippen molar-refractivity contribution in [3.05, 3.63) is 68.8 Å². The minimum absolute atomic E-state index is 0.141. The molecule has 3 rings (SSSR count). The molecular formula is C22H22BrN3O3S. The number of halogens is 1. The van der Waals surface area contributed by atoms with Crippen molar-refractivity contribution < 1.29 is 14.6 Å². The van der Waals surface area contributed by atoms with E-state index in [1.807, 2.05) is 30.5 Å². The third kappa shape index (κ3) is 5.01. The van der Waals surface area contributed by atoms with Gasteiger partial charge in [-0.05, 0) is 37.3 Å². The molecule has 6 nitrogen and oxygen atoms in total. The summed E-state index contributed by atoms with van der Waals surface area (Å²) in [6, 6.07) is 10.8. The number of hydrogen-bond donors (Lipinski definition) is 1. The van der Waals surface area contributed by atoms with Gasteiger partial charge < -0.3 is 14.6 Å². The van der Waals surface area contributed by atoms with E-state index in [2.05, 4.69) is 32.6 Å². The molecule has 0 aliphatic rings. The summed E-state index contributed by atoms with van der Waals surface area (Å²) >= 11 is 4.89. The Kier molecular flexibility index (Phi) is 7.12. The van der Waals surface area contributed by atoms with E-state index in [0.29, 0.717) is 28.4 Å². The number of ether oxygens (including phenoxy) is 2. The second-order valence-electron chi connectivity index (χ2n) is 6.50. The molecule has 156 valence electrons. The summed E-state index contributed by atoms with van der Waals surface area (Å²) in [5.74, 6) is 1.50. The lowest BCUT2D eigenvalue weighted by molar-refractivity contribution is 0.395. The molecule has 0 aliphatic carbocycles. The van der Waals surface area contributed by atoms with E-state index < -0.39 is 0 Å². The molecular weight excluding hydrogens is 466 g/mol. The van der Waals surface area contributed by atoms with E-state index >= 15 is 0 Å². The molecule has 0 radical (unpaired) electrons. The predicted molar refractivity (Wildman–Crippen MR) is 125 cm³/mol. The van der Waals surface area contributed by atoms with Crippen LogP contribution in [-0.2, 0) is 0 Å². The lowest BCUT2D eigenvalue weighted by atomic mass is 10.1. The van der Waals surface area contributed by atoms with Crippen molar-refractivity contribution in [2.45, 2.75) is 6.92 Å². The van der Waals surface area contributed by atoms with Gasteiger partial charge in [0.25, 0.3) is 0 Å². The van der Waals surface area contributed by atoms with Crippen LogP contribution >= 0.6 is 27.3 Å². The number of aromatic nitrogens is 1. The maximum atomic E-state index is 10.1. The Labute approximate surface area is 187 Å². The Balaban J connectivity index is 2.16. The lowest BCUT2D eigenvalue weighted by Gasteiger charge is -2.11. The van der Waals surface area contributed by atoms with E-state index in [9.17, 15) is 5.11 Å². The van der Waals surface area contributed by atoms with Crippen molar-refractivity contribution in [1.82, 2.24) is 4.68 Å². The van der Waals surface area contributed by atoms with Gasteiger partial charge in [0.1, 0.15) is 17.2 Å². The number of aromatic hydroxyl groups is 1. The number of phenols is 1. The number of methoxy groups -OCH3 is 2. The summed E-state index contributed by atoms with van der Waals surface area (Å²) in [5.41, 5.74) is 3.20. The molecule has 0 unspecified atom stereocenters. The van der Waals surface area contributed by atoms with Crippen LogP contribution in [0.5, 0.6) is 17.2 Å². The van der Waals surface area contributed by atoms with Crippen LogP contribution in [0.4, 0.5) is 0 Å². The van der Waals surface area contributed by atoms with Gasteiger partial charge in [-0.15, -0.1) is 11.3 Å². The normalized spacial score (nSPS) is 11.8. The maximum absolute atomic E-state index is 10.1. The highest BCUT2D eigenvalue weighted by atomic mass is 79.9. The van der Waals surface area contributed by atoms with Crippen LogP contribution in [0.1, 0.15) is 12.5 Å². The van der Waals surface area contributed by atoms with Gasteiger partial charge >= 0.3 is 0 Å². The maximum Gasteiger partial charge on any atom is 0.206 e. The molecule has 1 aromatic heterocycles. The van der Waals surface area contributed by atoms with Gasteiger partial charge in [0, 0.05) is 27.0 Å². The minimum atomic E-state index is 0.141. The van der Waals surface area contributed by atoms with Crippen molar-refractivity contribution >= 4 is 33.5 Å². The summed E-state index contributed by atoms with van der Waals surface area (Å²) in [6.45, 7) is 6.34. The average molecular weight is 488 g/mol. The van der Waals surface area contributed by atoms with E-state index in [4.69, 9.17) is 9.47 Å². The fourth-order valence-corrected chi connectivity index (χ4v) is 3.87. The van der Waals surface area contributed by atoms with Gasteiger partial charge in [0.15, 0.2) is 0 Å². The van der Waals surface area contributed by atoms with Gasteiger partial charge in [0.05, 0.1) is 32.7 Å². The first-order chi connectivity index (χ1) is 14.4. The smallest absolute Gasteiger partial charge is 0.206 e. The topological polar surface area (TPSA) is 68.3 Å². The highest BCUT2D eigenvalue weighted by Gasteiger charge is 2.14. The third-order valence-electron chi connectivity index (χ3n) is 4.16. The molecule has 1 N–H and O–H groups in total. The molecule has 3 aromatic rings. The number of phenolic OH excluding ortho intramolecular Hbond substituents is 1. The second kappa shape index (κ2) is 9.77. The van der Waals surface area contributed by atoms with Crippen molar-refractivity contribution in [3.8, 4) is 28.5 Å². The number of rotatable bonds is 7. The summed E-state index contributed by atoms with van der Waals surface area (Å²) in [6.07, 6.45) is 1.60. The lowest BCUT2D eigenvalue weighted by Crippen LogP contribution is -2.13. The van der Waals surface area contributed by atoms with Crippen LogP contribution in [0, 0.1) is 0 Å². The average Bonchev–Trinajstić information content (AvgIpc) is 3.14. The van der Waals surface area contributed by atoms with Crippen LogP contribution in [0.2, 0.25) is 0 Å². The second-order valence-corrected chi connectivity index (χ2v) is 8.25. The number of thiazole rings is 1. The Morgan fingerprint density at radius 2 is 2.03 bits per heavy atom. The van der Waals surface area contributed by atoms with E-state index in [-0.39, 0.29) is 5.75 Å². The molecule has 2 aromatic carbocycles. The highest BCUT2D eigenvalue weighted by molar-refractivity contribution is 9.10. The van der Waals surface area contributed by atoms with Gasteiger partial charge in [-0.2, -0.15) is 5.10 Å². The summed E-state index contributed by atoms with van der Waals surface area (Å²) in [5, 5.41) is 16.7. The first-order valence-corrected chi connectivity index (χ1v) is 10.7. The van der Waals surface area contributed by atoms with Crippen molar-refractivity contribution in [2.24, 2.45) is 10.1 Å². The largest absolute Gasteiger partial charge is 0.507 e. The molecule has 0 saturated carbocycles. The Morgan fingerprint density at radius 1 is 1.23 bits per heavy atom. The first kappa shape index (κ1) is 21.9. The quantitative estimate of drug-likeness (QED) is 0.374. The molecule has 0 aliphatic heterocycles. The highest BCUT2D eigenvalue weighted by Crippen LogP contribution is 2.33. The summed E-state index contributed by atoms with van der Waals surface area (Å²) in [7, 11) is 3.23. The Bertz CT molecular complexity index is 1160. The van der Waals surface area contributed by atoms with E-state index in [0.717, 1.165) is 21.3 Å². The molecule has 0 saturated heterocycles. The number of hydrogen-bond acceptors (Lipinski definition) is 6. The zero-order valence-electron chi connectivity index (χ0n) is 16.9. The molecule has 30 heavy (non-hydrogen) atoms. The number of benzene rings is 2. The molecule has 1 heterocycles. The monoisotopic (exact) mass is 487 g/mol. The molecule has 0 spiro atoms. The SMILES string of the molecule is C=C(C)CN=c1scc(-c2ccc(OC)cc2OC)n1N=Cc1cc(Br)ccc1O. The molecule has 8 heteroatoms. The summed E-state index contributed by atoms with van der Waals surface area (Å²) in [4.78, 5) is 5.33. The van der Waals surface area contributed by atoms with Gasteiger partial charge in [-0.3, -0.25) is 4.99 Å². The minimum Gasteiger partial charge on any atom is -0.507 e. The van der Waals surface area contributed by atoms with Gasteiger partial charge in [-0.1, -0.05) is 28.1 Å². The van der Waals surface area contributed by atoms with Crippen LogP contribution < -0.4 is 14.3 Å². The Hall–Kier alpha value is -2.84. The van der Waals surface area contributed by atoms with E-state index in [1.165, 1.54) is 11.3 Å². The number of nitrogens with zero attached hydrogens (tertiary/aromatic N) is 3. The van der Waals surface area contributed by atoms with Crippen LogP contribution in [0.25, 0.3) is 11.3 Å².